The normalized spacial score (nSPS) is 18.0. The van der Waals surface area contributed by atoms with Crippen LogP contribution in [0.15, 0.2) is 48.5 Å². The van der Waals surface area contributed by atoms with Crippen LogP contribution in [0.5, 0.6) is 0 Å². The molecule has 0 aromatic heterocycles. The van der Waals surface area contributed by atoms with Crippen molar-refractivity contribution >= 4 is 12.1 Å². The lowest BCUT2D eigenvalue weighted by Crippen LogP contribution is -2.24. The molecule has 1 saturated heterocycles. The number of benzene rings is 2. The second-order valence-electron chi connectivity index (χ2n) is 7.29. The number of alkyl halides is 2. The molecule has 0 bridgehead atoms. The summed E-state index contributed by atoms with van der Waals surface area (Å²) < 4.78 is 26.8. The van der Waals surface area contributed by atoms with E-state index in [0.29, 0.717) is 18.9 Å². The molecule has 1 amide bonds. The quantitative estimate of drug-likeness (QED) is 0.738. The van der Waals surface area contributed by atoms with E-state index < -0.39 is 5.92 Å². The van der Waals surface area contributed by atoms with E-state index in [0.717, 1.165) is 50.4 Å². The van der Waals surface area contributed by atoms with Crippen LogP contribution in [-0.4, -0.2) is 19.5 Å². The first-order valence-electron chi connectivity index (χ1n) is 9.46. The van der Waals surface area contributed by atoms with E-state index in [2.05, 4.69) is 22.3 Å². The molecule has 27 heavy (non-hydrogen) atoms. The molecule has 0 spiro atoms. The van der Waals surface area contributed by atoms with E-state index >= 15 is 0 Å². The van der Waals surface area contributed by atoms with Crippen molar-refractivity contribution in [2.45, 2.75) is 44.6 Å². The summed E-state index contributed by atoms with van der Waals surface area (Å²) in [5.74, 6) is -2.38. The average Bonchev–Trinajstić information content (AvgIpc) is 2.92. The zero-order valence-electron chi connectivity index (χ0n) is 15.6. The molecule has 1 fully saturated rings. The van der Waals surface area contributed by atoms with Crippen LogP contribution in [0.2, 0.25) is 0 Å². The number of anilines is 1. The van der Waals surface area contributed by atoms with E-state index in [1.165, 1.54) is 5.69 Å². The van der Waals surface area contributed by atoms with Crippen LogP contribution in [0.1, 0.15) is 48.8 Å². The molecule has 2 aromatic rings. The number of hydrogen-bond donors (Lipinski definition) is 1. The SMILES string of the molecule is CC(F)(F)c1ccc(C2CCCN(c3ccc(CNC=O)cc3)CC2)cc1. The Morgan fingerprint density at radius 1 is 1.07 bits per heavy atom. The second-order valence-corrected chi connectivity index (χ2v) is 7.29. The molecule has 1 unspecified atom stereocenters. The maximum absolute atomic E-state index is 13.4. The third-order valence-corrected chi connectivity index (χ3v) is 5.31. The van der Waals surface area contributed by atoms with Gasteiger partial charge in [-0.2, -0.15) is 0 Å². The molecule has 3 nitrogen and oxygen atoms in total. The number of amides is 1. The Labute approximate surface area is 159 Å². The smallest absolute Gasteiger partial charge is 0.270 e. The van der Waals surface area contributed by atoms with Crippen molar-refractivity contribution in [2.24, 2.45) is 0 Å². The summed E-state index contributed by atoms with van der Waals surface area (Å²) in [5.41, 5.74) is 3.49. The van der Waals surface area contributed by atoms with E-state index in [1.54, 1.807) is 12.1 Å². The van der Waals surface area contributed by atoms with Gasteiger partial charge in [0, 0.05) is 37.8 Å². The van der Waals surface area contributed by atoms with Gasteiger partial charge in [0.05, 0.1) is 0 Å². The van der Waals surface area contributed by atoms with E-state index in [1.807, 2.05) is 24.3 Å². The number of nitrogens with zero attached hydrogens (tertiary/aromatic N) is 1. The molecule has 1 atom stereocenters. The van der Waals surface area contributed by atoms with Gasteiger partial charge in [-0.05, 0) is 48.4 Å². The van der Waals surface area contributed by atoms with Crippen molar-refractivity contribution in [1.82, 2.24) is 5.32 Å². The molecular weight excluding hydrogens is 346 g/mol. The molecule has 0 saturated carbocycles. The molecule has 3 rings (SSSR count). The standard InChI is InChI=1S/C22H26F2N2O/c1-22(23,24)20-8-6-19(7-9-20)18-3-2-13-26(14-12-18)21-10-4-17(5-11-21)15-25-16-27/h4-11,16,18H,2-3,12-15H2,1H3,(H,25,27). The summed E-state index contributed by atoms with van der Waals surface area (Å²) in [4.78, 5) is 12.8. The fourth-order valence-corrected chi connectivity index (χ4v) is 3.72. The minimum absolute atomic E-state index is 0.0747. The van der Waals surface area contributed by atoms with Gasteiger partial charge in [0.15, 0.2) is 0 Å². The fourth-order valence-electron chi connectivity index (χ4n) is 3.72. The highest BCUT2D eigenvalue weighted by Gasteiger charge is 2.25. The maximum atomic E-state index is 13.4. The number of carbonyl (C=O) groups excluding carboxylic acids is 1. The number of carbonyl (C=O) groups is 1. The summed E-state index contributed by atoms with van der Waals surface area (Å²) in [6.07, 6.45) is 3.86. The number of hydrogen-bond acceptors (Lipinski definition) is 2. The lowest BCUT2D eigenvalue weighted by molar-refractivity contribution is -0.109. The summed E-state index contributed by atoms with van der Waals surface area (Å²) in [6, 6.07) is 15.1. The Balaban J connectivity index is 1.62. The van der Waals surface area contributed by atoms with Crippen molar-refractivity contribution in [3.05, 3.63) is 65.2 Å². The molecule has 2 aromatic carbocycles. The summed E-state index contributed by atoms with van der Waals surface area (Å²) in [7, 11) is 0. The minimum Gasteiger partial charge on any atom is -0.372 e. The van der Waals surface area contributed by atoms with Gasteiger partial charge in [-0.25, -0.2) is 8.78 Å². The lowest BCUT2D eigenvalue weighted by Gasteiger charge is -2.23. The summed E-state index contributed by atoms with van der Waals surface area (Å²) in [5, 5.41) is 2.67. The summed E-state index contributed by atoms with van der Waals surface area (Å²) >= 11 is 0. The minimum atomic E-state index is -2.79. The van der Waals surface area contributed by atoms with Crippen molar-refractivity contribution in [3.8, 4) is 0 Å². The van der Waals surface area contributed by atoms with Gasteiger partial charge in [0.1, 0.15) is 0 Å². The number of halogens is 2. The third kappa shape index (κ3) is 5.06. The Hall–Kier alpha value is -2.43. The van der Waals surface area contributed by atoms with Crippen molar-refractivity contribution < 1.29 is 13.6 Å². The van der Waals surface area contributed by atoms with Crippen LogP contribution in [0.25, 0.3) is 0 Å². The van der Waals surface area contributed by atoms with Gasteiger partial charge in [-0.15, -0.1) is 0 Å². The van der Waals surface area contributed by atoms with Crippen molar-refractivity contribution in [2.75, 3.05) is 18.0 Å². The van der Waals surface area contributed by atoms with Crippen molar-refractivity contribution in [3.63, 3.8) is 0 Å². The molecule has 144 valence electrons. The van der Waals surface area contributed by atoms with Gasteiger partial charge < -0.3 is 10.2 Å². The Kier molecular flexibility index (Phi) is 6.09. The fraction of sp³-hybridized carbons (Fsp3) is 0.409. The summed E-state index contributed by atoms with van der Waals surface area (Å²) in [6.45, 7) is 3.42. The van der Waals surface area contributed by atoms with Gasteiger partial charge in [0.2, 0.25) is 6.41 Å². The van der Waals surface area contributed by atoms with Crippen molar-refractivity contribution in [1.29, 1.82) is 0 Å². The predicted octanol–water partition coefficient (Wildman–Crippen LogP) is 4.82. The van der Waals surface area contributed by atoms with Gasteiger partial charge in [0.25, 0.3) is 5.92 Å². The highest BCUT2D eigenvalue weighted by molar-refractivity contribution is 5.49. The molecule has 5 heteroatoms. The molecule has 1 aliphatic rings. The number of nitrogens with one attached hydrogen (secondary N) is 1. The largest absolute Gasteiger partial charge is 0.372 e. The lowest BCUT2D eigenvalue weighted by atomic mass is 9.91. The topological polar surface area (TPSA) is 32.3 Å². The highest BCUT2D eigenvalue weighted by atomic mass is 19.3. The maximum Gasteiger partial charge on any atom is 0.270 e. The Bertz CT molecular complexity index is 738. The Morgan fingerprint density at radius 2 is 1.78 bits per heavy atom. The first-order chi connectivity index (χ1) is 13.0. The molecule has 1 heterocycles. The van der Waals surface area contributed by atoms with E-state index in [-0.39, 0.29) is 5.56 Å². The molecular formula is C22H26F2N2O. The first kappa shape index (κ1) is 19.3. The van der Waals surface area contributed by atoms with Crippen LogP contribution >= 0.6 is 0 Å². The zero-order chi connectivity index (χ0) is 19.3. The van der Waals surface area contributed by atoms with E-state index in [4.69, 9.17) is 0 Å². The molecule has 0 aliphatic carbocycles. The highest BCUT2D eigenvalue weighted by Crippen LogP contribution is 2.32. The monoisotopic (exact) mass is 372 g/mol. The van der Waals surface area contributed by atoms with Gasteiger partial charge in [-0.3, -0.25) is 4.79 Å². The predicted molar refractivity (Wildman–Crippen MR) is 104 cm³/mol. The molecule has 1 N–H and O–H groups in total. The van der Waals surface area contributed by atoms with Gasteiger partial charge >= 0.3 is 0 Å². The molecule has 1 aliphatic heterocycles. The van der Waals surface area contributed by atoms with Crippen LogP contribution in [0.4, 0.5) is 14.5 Å². The van der Waals surface area contributed by atoms with Crippen LogP contribution in [-0.2, 0) is 17.3 Å². The second kappa shape index (κ2) is 8.51. The average molecular weight is 372 g/mol. The Morgan fingerprint density at radius 3 is 2.41 bits per heavy atom. The first-order valence-corrected chi connectivity index (χ1v) is 9.46. The van der Waals surface area contributed by atoms with Crippen LogP contribution in [0.3, 0.4) is 0 Å². The number of rotatable bonds is 6. The zero-order valence-corrected chi connectivity index (χ0v) is 15.6. The third-order valence-electron chi connectivity index (χ3n) is 5.31. The molecule has 0 radical (unpaired) electrons. The van der Waals surface area contributed by atoms with Gasteiger partial charge in [-0.1, -0.05) is 36.4 Å². The van der Waals surface area contributed by atoms with Crippen LogP contribution in [0, 0.1) is 0 Å². The van der Waals surface area contributed by atoms with Crippen LogP contribution < -0.4 is 10.2 Å². The van der Waals surface area contributed by atoms with E-state index in [9.17, 15) is 13.6 Å².